The van der Waals surface area contributed by atoms with E-state index in [1.165, 1.54) is 13.0 Å². The monoisotopic (exact) mass is 431 g/mol. The Kier molecular flexibility index (Phi) is 5.22. The Hall–Kier alpha value is -3.33. The third-order valence-electron chi connectivity index (χ3n) is 5.56. The Morgan fingerprint density at radius 3 is 2.58 bits per heavy atom. The van der Waals surface area contributed by atoms with Crippen LogP contribution in [0.25, 0.3) is 16.6 Å². The number of rotatable bonds is 3. The summed E-state index contributed by atoms with van der Waals surface area (Å²) in [5.74, 6) is -3.90. The summed E-state index contributed by atoms with van der Waals surface area (Å²) in [5.41, 5.74) is -1.31. The first-order valence-corrected chi connectivity index (χ1v) is 9.74. The fourth-order valence-corrected chi connectivity index (χ4v) is 4.04. The average Bonchev–Trinajstić information content (AvgIpc) is 2.71. The Morgan fingerprint density at radius 1 is 1.19 bits per heavy atom. The molecule has 0 saturated carbocycles. The molecule has 0 bridgehead atoms. The number of hydrogen-bond acceptors (Lipinski definition) is 4. The standard InChI is InChI=1S/C22H20F3N3O3/c1-11-9-27(6-5-26-11)18-8-17-19(12(2)20(18)25)21(29)14(22(30)31)10-28(17)16-4-3-13(23)7-15(16)24/h3-4,7-8,10-11,26H,5-6,9H2,1-2H3,(H,30,31)/t11-/m0/s1. The summed E-state index contributed by atoms with van der Waals surface area (Å²) < 4.78 is 44.6. The van der Waals surface area contributed by atoms with Crippen LogP contribution in [0.2, 0.25) is 0 Å². The highest BCUT2D eigenvalue weighted by atomic mass is 19.1. The lowest BCUT2D eigenvalue weighted by Crippen LogP contribution is -2.49. The molecule has 2 heterocycles. The van der Waals surface area contributed by atoms with E-state index in [9.17, 15) is 23.5 Å². The Balaban J connectivity index is 2.09. The molecule has 1 aliphatic heterocycles. The zero-order valence-corrected chi connectivity index (χ0v) is 16.9. The van der Waals surface area contributed by atoms with Gasteiger partial charge in [0.05, 0.1) is 22.3 Å². The molecule has 1 atom stereocenters. The largest absolute Gasteiger partial charge is 0.477 e. The highest BCUT2D eigenvalue weighted by Crippen LogP contribution is 2.31. The summed E-state index contributed by atoms with van der Waals surface area (Å²) in [6.45, 7) is 5.03. The van der Waals surface area contributed by atoms with Crippen molar-refractivity contribution < 1.29 is 23.1 Å². The third-order valence-corrected chi connectivity index (χ3v) is 5.56. The Morgan fingerprint density at radius 2 is 1.94 bits per heavy atom. The summed E-state index contributed by atoms with van der Waals surface area (Å²) in [6, 6.07) is 4.36. The van der Waals surface area contributed by atoms with E-state index < -0.39 is 34.4 Å². The van der Waals surface area contributed by atoms with Gasteiger partial charge in [-0.2, -0.15) is 0 Å². The van der Waals surface area contributed by atoms with E-state index >= 15 is 4.39 Å². The van der Waals surface area contributed by atoms with Crippen molar-refractivity contribution in [2.24, 2.45) is 0 Å². The molecular formula is C22H20F3N3O3. The molecule has 162 valence electrons. The van der Waals surface area contributed by atoms with Crippen molar-refractivity contribution in [2.45, 2.75) is 19.9 Å². The number of halogens is 3. The number of aryl methyl sites for hydroxylation is 1. The van der Waals surface area contributed by atoms with Gasteiger partial charge in [0, 0.05) is 43.5 Å². The second-order valence-corrected chi connectivity index (χ2v) is 7.67. The van der Waals surface area contributed by atoms with E-state index in [0.29, 0.717) is 25.7 Å². The first kappa shape index (κ1) is 20.9. The Labute approximate surface area is 175 Å². The fraction of sp³-hybridized carbons (Fsp3) is 0.273. The van der Waals surface area contributed by atoms with Crippen LogP contribution in [0.5, 0.6) is 0 Å². The van der Waals surface area contributed by atoms with Crippen LogP contribution in [-0.4, -0.2) is 41.3 Å². The van der Waals surface area contributed by atoms with Gasteiger partial charge >= 0.3 is 5.97 Å². The van der Waals surface area contributed by atoms with Gasteiger partial charge in [0.1, 0.15) is 23.0 Å². The van der Waals surface area contributed by atoms with Crippen LogP contribution in [0.3, 0.4) is 0 Å². The van der Waals surface area contributed by atoms with Gasteiger partial charge in [-0.15, -0.1) is 0 Å². The number of carbonyl (C=O) groups is 1. The lowest BCUT2D eigenvalue weighted by molar-refractivity contribution is 0.0695. The maximum absolute atomic E-state index is 15.3. The number of carboxylic acids is 1. The van der Waals surface area contributed by atoms with Gasteiger partial charge in [-0.3, -0.25) is 4.79 Å². The van der Waals surface area contributed by atoms with Crippen molar-refractivity contribution in [2.75, 3.05) is 24.5 Å². The van der Waals surface area contributed by atoms with Gasteiger partial charge in [0.2, 0.25) is 5.43 Å². The number of fused-ring (bicyclic) bond motifs is 1. The normalized spacial score (nSPS) is 16.7. The zero-order chi connectivity index (χ0) is 22.4. The molecule has 9 heteroatoms. The minimum Gasteiger partial charge on any atom is -0.477 e. The molecule has 6 nitrogen and oxygen atoms in total. The van der Waals surface area contributed by atoms with E-state index in [1.807, 2.05) is 11.8 Å². The smallest absolute Gasteiger partial charge is 0.341 e. The minimum absolute atomic E-state index is 0.0249. The maximum Gasteiger partial charge on any atom is 0.341 e. The minimum atomic E-state index is -1.53. The molecule has 0 radical (unpaired) electrons. The van der Waals surface area contributed by atoms with Gasteiger partial charge in [-0.05, 0) is 32.0 Å². The summed E-state index contributed by atoms with van der Waals surface area (Å²) in [7, 11) is 0. The topological polar surface area (TPSA) is 74.6 Å². The van der Waals surface area contributed by atoms with E-state index in [-0.39, 0.29) is 33.9 Å². The second kappa shape index (κ2) is 7.73. The highest BCUT2D eigenvalue weighted by Gasteiger charge is 2.25. The van der Waals surface area contributed by atoms with Crippen LogP contribution in [0, 0.1) is 24.4 Å². The lowest BCUT2D eigenvalue weighted by atomic mass is 10.0. The summed E-state index contributed by atoms with van der Waals surface area (Å²) in [6.07, 6.45) is 0.991. The first-order valence-electron chi connectivity index (χ1n) is 9.74. The molecule has 1 saturated heterocycles. The van der Waals surface area contributed by atoms with Crippen molar-refractivity contribution in [3.05, 3.63) is 69.3 Å². The number of pyridine rings is 1. The van der Waals surface area contributed by atoms with Crippen molar-refractivity contribution >= 4 is 22.6 Å². The summed E-state index contributed by atoms with van der Waals surface area (Å²) >= 11 is 0. The SMILES string of the molecule is Cc1c(F)c(N2CCN[C@@H](C)C2)cc2c1c(=O)c(C(=O)O)cn2-c1ccc(F)cc1F. The molecule has 0 amide bonds. The number of aromatic carboxylic acids is 1. The van der Waals surface area contributed by atoms with Gasteiger partial charge in [-0.1, -0.05) is 0 Å². The van der Waals surface area contributed by atoms with Crippen LogP contribution < -0.4 is 15.6 Å². The van der Waals surface area contributed by atoms with Gasteiger partial charge in [-0.25, -0.2) is 18.0 Å². The fourth-order valence-electron chi connectivity index (χ4n) is 4.04. The Bertz CT molecular complexity index is 1270. The van der Waals surface area contributed by atoms with Crippen molar-refractivity contribution in [3.63, 3.8) is 0 Å². The van der Waals surface area contributed by atoms with Gasteiger partial charge < -0.3 is 19.9 Å². The van der Waals surface area contributed by atoms with Crippen molar-refractivity contribution in [3.8, 4) is 5.69 Å². The highest BCUT2D eigenvalue weighted by molar-refractivity contribution is 5.95. The van der Waals surface area contributed by atoms with E-state index in [0.717, 1.165) is 22.9 Å². The quantitative estimate of drug-likeness (QED) is 0.666. The predicted octanol–water partition coefficient (Wildman–Crippen LogP) is 3.21. The first-order chi connectivity index (χ1) is 14.7. The van der Waals surface area contributed by atoms with Crippen LogP contribution in [-0.2, 0) is 0 Å². The van der Waals surface area contributed by atoms with Gasteiger partial charge in [0.25, 0.3) is 0 Å². The number of carboxylic acid groups (broad SMARTS) is 1. The maximum atomic E-state index is 15.3. The number of nitrogens with one attached hydrogen (secondary N) is 1. The van der Waals surface area contributed by atoms with Crippen molar-refractivity contribution in [1.82, 2.24) is 9.88 Å². The molecule has 1 aromatic heterocycles. The van der Waals surface area contributed by atoms with Crippen LogP contribution >= 0.6 is 0 Å². The zero-order valence-electron chi connectivity index (χ0n) is 16.9. The number of anilines is 1. The molecule has 31 heavy (non-hydrogen) atoms. The van der Waals surface area contributed by atoms with E-state index in [4.69, 9.17) is 0 Å². The third kappa shape index (κ3) is 3.54. The lowest BCUT2D eigenvalue weighted by Gasteiger charge is -2.34. The van der Waals surface area contributed by atoms with Crippen LogP contribution in [0.4, 0.5) is 18.9 Å². The number of benzene rings is 2. The van der Waals surface area contributed by atoms with E-state index in [1.54, 1.807) is 0 Å². The van der Waals surface area contributed by atoms with Gasteiger partial charge in [0.15, 0.2) is 0 Å². The van der Waals surface area contributed by atoms with E-state index in [2.05, 4.69) is 5.32 Å². The summed E-state index contributed by atoms with van der Waals surface area (Å²) in [4.78, 5) is 26.3. The molecular weight excluding hydrogens is 411 g/mol. The molecule has 2 N–H and O–H groups in total. The molecule has 0 spiro atoms. The number of hydrogen-bond donors (Lipinski definition) is 2. The number of piperazine rings is 1. The molecule has 3 aromatic rings. The molecule has 4 rings (SSSR count). The molecule has 1 aliphatic rings. The predicted molar refractivity (Wildman–Crippen MR) is 111 cm³/mol. The number of nitrogens with zero attached hydrogens (tertiary/aromatic N) is 2. The summed E-state index contributed by atoms with van der Waals surface area (Å²) in [5, 5.41) is 12.6. The van der Waals surface area contributed by atoms with Crippen LogP contribution in [0.15, 0.2) is 35.3 Å². The molecule has 2 aromatic carbocycles. The average molecular weight is 431 g/mol. The van der Waals surface area contributed by atoms with Crippen molar-refractivity contribution in [1.29, 1.82) is 0 Å². The second-order valence-electron chi connectivity index (χ2n) is 7.67. The molecule has 0 aliphatic carbocycles. The molecule has 1 fully saturated rings. The van der Waals surface area contributed by atoms with Crippen LogP contribution in [0.1, 0.15) is 22.8 Å². The number of aromatic nitrogens is 1. The molecule has 0 unspecified atom stereocenters.